The highest BCUT2D eigenvalue weighted by atomic mass is 16.6. The van der Waals surface area contributed by atoms with Crippen LogP contribution in [0.25, 0.3) is 0 Å². The number of nitrogens with one attached hydrogen (secondary N) is 1. The van der Waals surface area contributed by atoms with Crippen LogP contribution < -0.4 is 10.1 Å². The normalized spacial score (nSPS) is 22.4. The molecule has 2 unspecified atom stereocenters. The zero-order valence-corrected chi connectivity index (χ0v) is 11.4. The highest BCUT2D eigenvalue weighted by Crippen LogP contribution is 2.32. The summed E-state index contributed by atoms with van der Waals surface area (Å²) in [4.78, 5) is 10.6. The van der Waals surface area contributed by atoms with E-state index in [0.29, 0.717) is 17.7 Å². The van der Waals surface area contributed by atoms with E-state index in [-0.39, 0.29) is 10.6 Å². The molecule has 0 radical (unpaired) electrons. The van der Waals surface area contributed by atoms with Gasteiger partial charge in [-0.2, -0.15) is 0 Å². The molecule has 1 N–H and O–H groups in total. The summed E-state index contributed by atoms with van der Waals surface area (Å²) < 4.78 is 5.02. The summed E-state index contributed by atoms with van der Waals surface area (Å²) in [6.45, 7) is 0. The van der Waals surface area contributed by atoms with Crippen molar-refractivity contribution in [2.45, 2.75) is 31.7 Å². The highest BCUT2D eigenvalue weighted by Gasteiger charge is 2.26. The van der Waals surface area contributed by atoms with Crippen molar-refractivity contribution in [2.24, 2.45) is 5.92 Å². The third kappa shape index (κ3) is 3.04. The summed E-state index contributed by atoms with van der Waals surface area (Å²) in [5, 5.41) is 14.3. The molecule has 5 nitrogen and oxygen atoms in total. The Morgan fingerprint density at radius 2 is 2.26 bits per heavy atom. The second-order valence-corrected chi connectivity index (χ2v) is 5.05. The predicted octanol–water partition coefficient (Wildman–Crippen LogP) is 2.53. The van der Waals surface area contributed by atoms with Crippen molar-refractivity contribution < 1.29 is 9.66 Å². The Hall–Kier alpha value is -1.62. The number of hydrogen-bond acceptors (Lipinski definition) is 4. The first-order valence-electron chi connectivity index (χ1n) is 6.64. The van der Waals surface area contributed by atoms with Gasteiger partial charge in [0.1, 0.15) is 0 Å². The van der Waals surface area contributed by atoms with Crippen LogP contribution in [0.5, 0.6) is 5.75 Å². The molecule has 1 fully saturated rings. The Bertz CT molecular complexity index is 462. The van der Waals surface area contributed by atoms with Crippen LogP contribution in [0.2, 0.25) is 0 Å². The lowest BCUT2D eigenvalue weighted by Gasteiger charge is -2.18. The molecule has 0 spiro atoms. The first-order valence-corrected chi connectivity index (χ1v) is 6.64. The van der Waals surface area contributed by atoms with Gasteiger partial charge in [0, 0.05) is 12.1 Å². The van der Waals surface area contributed by atoms with Gasteiger partial charge in [-0.3, -0.25) is 10.1 Å². The van der Waals surface area contributed by atoms with Crippen LogP contribution >= 0.6 is 0 Å². The fourth-order valence-corrected chi connectivity index (χ4v) is 2.97. The SMILES string of the molecule is CNC1CCCC1Cc1ccc(OC)c([N+](=O)[O-])c1. The van der Waals surface area contributed by atoms with E-state index in [4.69, 9.17) is 4.74 Å². The lowest BCUT2D eigenvalue weighted by atomic mass is 9.94. The Morgan fingerprint density at radius 1 is 1.47 bits per heavy atom. The molecule has 0 aromatic heterocycles. The van der Waals surface area contributed by atoms with Crippen molar-refractivity contribution in [3.63, 3.8) is 0 Å². The molecule has 2 rings (SSSR count). The van der Waals surface area contributed by atoms with Crippen LogP contribution in [0.3, 0.4) is 0 Å². The second-order valence-electron chi connectivity index (χ2n) is 5.05. The molecule has 104 valence electrons. The summed E-state index contributed by atoms with van der Waals surface area (Å²) in [5.74, 6) is 0.892. The fraction of sp³-hybridized carbons (Fsp3) is 0.571. The first kappa shape index (κ1) is 13.8. The number of methoxy groups -OCH3 is 1. The highest BCUT2D eigenvalue weighted by molar-refractivity contribution is 5.48. The Kier molecular flexibility index (Phi) is 4.37. The molecule has 5 heteroatoms. The predicted molar refractivity (Wildman–Crippen MR) is 73.5 cm³/mol. The quantitative estimate of drug-likeness (QED) is 0.655. The smallest absolute Gasteiger partial charge is 0.311 e. The third-order valence-corrected chi connectivity index (χ3v) is 3.97. The Morgan fingerprint density at radius 3 is 2.89 bits per heavy atom. The van der Waals surface area contributed by atoms with Gasteiger partial charge in [-0.05, 0) is 43.9 Å². The van der Waals surface area contributed by atoms with Crippen LogP contribution in [0, 0.1) is 16.0 Å². The van der Waals surface area contributed by atoms with E-state index in [1.54, 1.807) is 12.1 Å². The molecular formula is C14H20N2O3. The van der Waals surface area contributed by atoms with E-state index < -0.39 is 0 Å². The van der Waals surface area contributed by atoms with Gasteiger partial charge in [0.25, 0.3) is 0 Å². The number of nitro benzene ring substituents is 1. The van der Waals surface area contributed by atoms with E-state index in [0.717, 1.165) is 12.0 Å². The van der Waals surface area contributed by atoms with Crippen molar-refractivity contribution in [2.75, 3.05) is 14.2 Å². The number of nitro groups is 1. The molecule has 0 saturated heterocycles. The lowest BCUT2D eigenvalue weighted by molar-refractivity contribution is -0.385. The number of benzene rings is 1. The molecule has 0 heterocycles. The monoisotopic (exact) mass is 264 g/mol. The van der Waals surface area contributed by atoms with Crippen molar-refractivity contribution >= 4 is 5.69 Å². The maximum Gasteiger partial charge on any atom is 0.311 e. The van der Waals surface area contributed by atoms with Gasteiger partial charge in [0.15, 0.2) is 5.75 Å². The topological polar surface area (TPSA) is 64.4 Å². The van der Waals surface area contributed by atoms with Gasteiger partial charge >= 0.3 is 5.69 Å². The second kappa shape index (κ2) is 6.02. The summed E-state index contributed by atoms with van der Waals surface area (Å²) in [5.41, 5.74) is 1.07. The Balaban J connectivity index is 2.17. The van der Waals surface area contributed by atoms with Crippen LogP contribution in [0.15, 0.2) is 18.2 Å². The van der Waals surface area contributed by atoms with E-state index in [1.807, 2.05) is 13.1 Å². The number of rotatable bonds is 5. The van der Waals surface area contributed by atoms with Gasteiger partial charge < -0.3 is 10.1 Å². The van der Waals surface area contributed by atoms with Gasteiger partial charge in [-0.15, -0.1) is 0 Å². The Labute approximate surface area is 113 Å². The number of hydrogen-bond donors (Lipinski definition) is 1. The van der Waals surface area contributed by atoms with Crippen molar-refractivity contribution in [1.82, 2.24) is 5.32 Å². The minimum atomic E-state index is -0.382. The maximum atomic E-state index is 11.0. The number of nitrogens with zero attached hydrogens (tertiary/aromatic N) is 1. The fourth-order valence-electron chi connectivity index (χ4n) is 2.97. The minimum absolute atomic E-state index is 0.0546. The standard InChI is InChI=1S/C14H20N2O3/c1-15-12-5-3-4-11(12)8-10-6-7-14(19-2)13(9-10)16(17)18/h6-7,9,11-12,15H,3-5,8H2,1-2H3. The molecule has 0 aliphatic heterocycles. The molecule has 0 amide bonds. The van der Waals surface area contributed by atoms with Crippen LogP contribution in [-0.2, 0) is 6.42 Å². The largest absolute Gasteiger partial charge is 0.490 e. The number of ether oxygens (including phenoxy) is 1. The molecule has 1 aliphatic rings. The van der Waals surface area contributed by atoms with Crippen molar-refractivity contribution in [3.8, 4) is 5.75 Å². The molecular weight excluding hydrogens is 244 g/mol. The zero-order chi connectivity index (χ0) is 13.8. The molecule has 2 atom stereocenters. The van der Waals surface area contributed by atoms with Gasteiger partial charge in [-0.25, -0.2) is 0 Å². The maximum absolute atomic E-state index is 11.0. The molecule has 1 aliphatic carbocycles. The van der Waals surface area contributed by atoms with Gasteiger partial charge in [0.2, 0.25) is 0 Å². The van der Waals surface area contributed by atoms with Crippen molar-refractivity contribution in [3.05, 3.63) is 33.9 Å². The average molecular weight is 264 g/mol. The molecule has 19 heavy (non-hydrogen) atoms. The van der Waals surface area contributed by atoms with Crippen LogP contribution in [-0.4, -0.2) is 25.1 Å². The molecule has 1 aromatic carbocycles. The van der Waals surface area contributed by atoms with Gasteiger partial charge in [0.05, 0.1) is 12.0 Å². The van der Waals surface area contributed by atoms with E-state index in [1.165, 1.54) is 26.4 Å². The van der Waals surface area contributed by atoms with E-state index >= 15 is 0 Å². The van der Waals surface area contributed by atoms with Gasteiger partial charge in [-0.1, -0.05) is 12.5 Å². The summed E-state index contributed by atoms with van der Waals surface area (Å²) in [6.07, 6.45) is 4.50. The zero-order valence-electron chi connectivity index (χ0n) is 11.4. The van der Waals surface area contributed by atoms with Crippen LogP contribution in [0.4, 0.5) is 5.69 Å². The molecule has 1 aromatic rings. The third-order valence-electron chi connectivity index (χ3n) is 3.97. The summed E-state index contributed by atoms with van der Waals surface area (Å²) >= 11 is 0. The first-order chi connectivity index (χ1) is 9.15. The minimum Gasteiger partial charge on any atom is -0.490 e. The summed E-state index contributed by atoms with van der Waals surface area (Å²) in [7, 11) is 3.44. The molecule has 0 bridgehead atoms. The lowest BCUT2D eigenvalue weighted by Crippen LogP contribution is -2.30. The average Bonchev–Trinajstić information content (AvgIpc) is 2.85. The molecule has 1 saturated carbocycles. The van der Waals surface area contributed by atoms with E-state index in [2.05, 4.69) is 5.32 Å². The van der Waals surface area contributed by atoms with E-state index in [9.17, 15) is 10.1 Å². The summed E-state index contributed by atoms with van der Waals surface area (Å²) in [6, 6.07) is 5.79. The van der Waals surface area contributed by atoms with Crippen molar-refractivity contribution in [1.29, 1.82) is 0 Å². The van der Waals surface area contributed by atoms with Crippen LogP contribution in [0.1, 0.15) is 24.8 Å².